The molecule has 2 bridgehead atoms. The molecule has 0 saturated carbocycles. The maximum Gasteiger partial charge on any atom is 0.327 e. The highest BCUT2D eigenvalue weighted by atomic mass is 16.5. The van der Waals surface area contributed by atoms with Gasteiger partial charge in [-0.1, -0.05) is 24.8 Å². The van der Waals surface area contributed by atoms with E-state index in [1.165, 1.54) is 11.1 Å². The molecule has 1 fully saturated rings. The first kappa shape index (κ1) is 17.1. The first-order valence-electron chi connectivity index (χ1n) is 8.84. The summed E-state index contributed by atoms with van der Waals surface area (Å²) in [6, 6.07) is 4.23. The van der Waals surface area contributed by atoms with E-state index in [2.05, 4.69) is 24.6 Å². The average Bonchev–Trinajstić information content (AvgIpc) is 2.98. The van der Waals surface area contributed by atoms with E-state index in [0.29, 0.717) is 17.7 Å². The molecule has 0 aromatic heterocycles. The maximum atomic E-state index is 10.4. The molecular formula is C20H23NO5. The van der Waals surface area contributed by atoms with Crippen molar-refractivity contribution in [1.82, 2.24) is 4.90 Å². The second kappa shape index (κ2) is 5.86. The van der Waals surface area contributed by atoms with Crippen molar-refractivity contribution >= 4 is 5.97 Å². The second-order valence-corrected chi connectivity index (χ2v) is 7.47. The number of likely N-dealkylation sites (N-methyl/N-ethyl adjacent to an activating group) is 1. The Morgan fingerprint density at radius 2 is 2.15 bits per heavy atom. The third-order valence-corrected chi connectivity index (χ3v) is 6.32. The Kier molecular flexibility index (Phi) is 3.86. The normalized spacial score (nSPS) is 35.6. The van der Waals surface area contributed by atoms with Crippen LogP contribution in [0.15, 0.2) is 36.9 Å². The molecule has 5 atom stereocenters. The van der Waals surface area contributed by atoms with Gasteiger partial charge in [0.15, 0.2) is 11.5 Å². The van der Waals surface area contributed by atoms with Gasteiger partial charge in [-0.2, -0.15) is 0 Å². The molecule has 6 nitrogen and oxygen atoms in total. The number of hydrogen-bond acceptors (Lipinski definition) is 5. The molecule has 138 valence electrons. The Morgan fingerprint density at radius 1 is 1.42 bits per heavy atom. The number of aliphatic carboxylic acids is 1. The number of carboxylic acids is 1. The zero-order valence-electron chi connectivity index (χ0n) is 14.6. The molecule has 3 N–H and O–H groups in total. The van der Waals surface area contributed by atoms with E-state index in [4.69, 9.17) is 9.84 Å². The Hall–Kier alpha value is -2.31. The van der Waals surface area contributed by atoms with Crippen LogP contribution < -0.4 is 4.74 Å². The Morgan fingerprint density at radius 3 is 2.85 bits per heavy atom. The van der Waals surface area contributed by atoms with E-state index in [9.17, 15) is 15.0 Å². The zero-order chi connectivity index (χ0) is 18.6. The summed E-state index contributed by atoms with van der Waals surface area (Å²) in [5, 5.41) is 28.3. The summed E-state index contributed by atoms with van der Waals surface area (Å²) in [6.45, 7) is 3.97. The fraction of sp³-hybridized carbons (Fsp3) is 0.450. The molecule has 1 spiro atoms. The number of ether oxygens (including phenoxy) is 1. The SMILES string of the molecule is C=CC(=O)O.CN1CC[C@]23c4c5ccc(O)c4O[C@H]2[C@@H](O)C=C[C@H]3[C@H]1C5. The molecule has 0 unspecified atom stereocenters. The molecule has 1 aromatic carbocycles. The molecule has 26 heavy (non-hydrogen) atoms. The van der Waals surface area contributed by atoms with Crippen LogP contribution in [0.4, 0.5) is 0 Å². The summed E-state index contributed by atoms with van der Waals surface area (Å²) in [5.74, 6) is 0.208. The molecule has 2 heterocycles. The zero-order valence-corrected chi connectivity index (χ0v) is 14.6. The van der Waals surface area contributed by atoms with Crippen molar-refractivity contribution in [3.05, 3.63) is 48.1 Å². The molecule has 6 heteroatoms. The molecule has 4 aliphatic rings. The minimum atomic E-state index is -0.981. The second-order valence-electron chi connectivity index (χ2n) is 7.47. The fourth-order valence-corrected chi connectivity index (χ4v) is 5.24. The van der Waals surface area contributed by atoms with Crippen LogP contribution in [-0.4, -0.2) is 58.0 Å². The third-order valence-electron chi connectivity index (χ3n) is 6.32. The van der Waals surface area contributed by atoms with E-state index >= 15 is 0 Å². The number of carbonyl (C=O) groups is 1. The highest BCUT2D eigenvalue weighted by Crippen LogP contribution is 2.62. The van der Waals surface area contributed by atoms with Gasteiger partial charge in [-0.15, -0.1) is 0 Å². The monoisotopic (exact) mass is 357 g/mol. The Labute approximate surface area is 152 Å². The Bertz CT molecular complexity index is 804. The van der Waals surface area contributed by atoms with Gasteiger partial charge in [0.1, 0.15) is 12.2 Å². The molecule has 5 rings (SSSR count). The predicted molar refractivity (Wildman–Crippen MR) is 95.4 cm³/mol. The summed E-state index contributed by atoms with van der Waals surface area (Å²) >= 11 is 0. The van der Waals surface area contributed by atoms with Crippen molar-refractivity contribution in [2.24, 2.45) is 5.92 Å². The molecule has 0 radical (unpaired) electrons. The Balaban J connectivity index is 0.000000301. The number of piperidine rings is 1. The number of nitrogens with zero attached hydrogens (tertiary/aromatic N) is 1. The summed E-state index contributed by atoms with van der Waals surface area (Å²) in [7, 11) is 2.19. The van der Waals surface area contributed by atoms with Gasteiger partial charge in [0.05, 0.1) is 0 Å². The number of benzene rings is 1. The highest BCUT2D eigenvalue weighted by molar-refractivity contribution is 5.78. The van der Waals surface area contributed by atoms with Crippen LogP contribution in [0.1, 0.15) is 17.5 Å². The number of aliphatic hydroxyl groups excluding tert-OH is 1. The number of phenols is 1. The molecule has 1 saturated heterocycles. The summed E-state index contributed by atoms with van der Waals surface area (Å²) in [4.78, 5) is 11.7. The van der Waals surface area contributed by atoms with E-state index in [1.54, 1.807) is 6.07 Å². The van der Waals surface area contributed by atoms with Crippen LogP contribution in [0.3, 0.4) is 0 Å². The van der Waals surface area contributed by atoms with E-state index in [-0.39, 0.29) is 17.3 Å². The van der Waals surface area contributed by atoms with Gasteiger partial charge < -0.3 is 25.0 Å². The quantitative estimate of drug-likeness (QED) is 0.521. The average molecular weight is 357 g/mol. The van der Waals surface area contributed by atoms with Gasteiger partial charge in [0, 0.05) is 29.0 Å². The van der Waals surface area contributed by atoms with Crippen molar-refractivity contribution in [3.63, 3.8) is 0 Å². The first-order chi connectivity index (χ1) is 12.4. The topological polar surface area (TPSA) is 90.2 Å². The number of rotatable bonds is 1. The lowest BCUT2D eigenvalue weighted by molar-refractivity contribution is -0.131. The number of aliphatic hydroxyl groups is 1. The van der Waals surface area contributed by atoms with Crippen molar-refractivity contribution in [2.75, 3.05) is 13.6 Å². The van der Waals surface area contributed by atoms with Gasteiger partial charge in [-0.05, 0) is 38.1 Å². The molecular weight excluding hydrogens is 334 g/mol. The van der Waals surface area contributed by atoms with Crippen LogP contribution in [-0.2, 0) is 16.6 Å². The van der Waals surface area contributed by atoms with Gasteiger partial charge in [0.2, 0.25) is 0 Å². The summed E-state index contributed by atoms with van der Waals surface area (Å²) in [5.41, 5.74) is 2.29. The molecule has 0 amide bonds. The standard InChI is InChI=1S/C17H19NO3.C3H4O2/c1-18-7-6-17-10-3-5-13(20)16(17)21-15-12(19)4-2-9(14(15)17)8-11(10)18;1-2-3(4)5/h2-5,10-11,13,16,19-20H,6-8H2,1H3;2H,1H2,(H,4,5)/t10-,11+,13-,16-,17-;/m0./s1. The lowest BCUT2D eigenvalue weighted by atomic mass is 9.53. The van der Waals surface area contributed by atoms with Gasteiger partial charge in [0.25, 0.3) is 0 Å². The van der Waals surface area contributed by atoms with Crippen molar-refractivity contribution in [1.29, 1.82) is 0 Å². The largest absolute Gasteiger partial charge is 0.504 e. The van der Waals surface area contributed by atoms with Crippen LogP contribution in [0, 0.1) is 5.92 Å². The minimum Gasteiger partial charge on any atom is -0.504 e. The maximum absolute atomic E-state index is 10.4. The molecule has 2 aliphatic carbocycles. The van der Waals surface area contributed by atoms with E-state index in [0.717, 1.165) is 25.5 Å². The molecule has 2 aliphatic heterocycles. The van der Waals surface area contributed by atoms with Gasteiger partial charge in [-0.25, -0.2) is 4.79 Å². The van der Waals surface area contributed by atoms with Crippen LogP contribution >= 0.6 is 0 Å². The van der Waals surface area contributed by atoms with Crippen molar-refractivity contribution in [2.45, 2.75) is 36.5 Å². The third kappa shape index (κ3) is 2.15. The smallest absolute Gasteiger partial charge is 0.327 e. The highest BCUT2D eigenvalue weighted by Gasteiger charge is 2.64. The number of likely N-dealkylation sites (tertiary alicyclic amines) is 1. The lowest BCUT2D eigenvalue weighted by Gasteiger charge is -2.56. The molecule has 1 aromatic rings. The van der Waals surface area contributed by atoms with Crippen molar-refractivity contribution in [3.8, 4) is 11.5 Å². The summed E-state index contributed by atoms with van der Waals surface area (Å²) in [6.07, 6.45) is 6.01. The van der Waals surface area contributed by atoms with Crippen molar-refractivity contribution < 1.29 is 24.9 Å². The van der Waals surface area contributed by atoms with Crippen LogP contribution in [0.2, 0.25) is 0 Å². The van der Waals surface area contributed by atoms with E-state index in [1.807, 2.05) is 12.1 Å². The van der Waals surface area contributed by atoms with Gasteiger partial charge in [-0.3, -0.25) is 0 Å². The number of hydrogen-bond donors (Lipinski definition) is 3. The van der Waals surface area contributed by atoms with E-state index < -0.39 is 12.1 Å². The fourth-order valence-electron chi connectivity index (χ4n) is 5.24. The predicted octanol–water partition coefficient (Wildman–Crippen LogP) is 1.46. The first-order valence-corrected chi connectivity index (χ1v) is 8.84. The number of aromatic hydroxyl groups is 1. The summed E-state index contributed by atoms with van der Waals surface area (Å²) < 4.78 is 6.09. The van der Waals surface area contributed by atoms with Gasteiger partial charge >= 0.3 is 5.97 Å². The number of phenolic OH excluding ortho intramolecular Hbond substituents is 1. The minimum absolute atomic E-state index is 0.160. The van der Waals surface area contributed by atoms with Crippen LogP contribution in [0.25, 0.3) is 0 Å². The van der Waals surface area contributed by atoms with Crippen LogP contribution in [0.5, 0.6) is 11.5 Å². The lowest BCUT2D eigenvalue weighted by Crippen LogP contribution is -2.64. The number of carboxylic acid groups (broad SMARTS) is 1.